The van der Waals surface area contributed by atoms with Crippen molar-refractivity contribution in [3.05, 3.63) is 105 Å². The van der Waals surface area contributed by atoms with E-state index in [-0.39, 0.29) is 32.0 Å². The summed E-state index contributed by atoms with van der Waals surface area (Å²) in [6.07, 6.45) is 6.83. The van der Waals surface area contributed by atoms with Crippen molar-refractivity contribution in [3.63, 3.8) is 0 Å². The second-order valence-electron chi connectivity index (χ2n) is 9.50. The molecule has 2 aromatic rings. The minimum absolute atomic E-state index is 0.0201. The van der Waals surface area contributed by atoms with Crippen LogP contribution in [0.2, 0.25) is 0 Å². The molecule has 0 aliphatic carbocycles. The Labute approximate surface area is 187 Å². The van der Waals surface area contributed by atoms with E-state index >= 15 is 0 Å². The van der Waals surface area contributed by atoms with Gasteiger partial charge >= 0.3 is 188 Å². The molecule has 0 atom stereocenters. The van der Waals surface area contributed by atoms with Gasteiger partial charge in [-0.2, -0.15) is 0 Å². The van der Waals surface area contributed by atoms with Crippen LogP contribution in [0.3, 0.4) is 0 Å². The molecule has 0 aromatic heterocycles. The normalized spacial score (nSPS) is 16.2. The van der Waals surface area contributed by atoms with Crippen molar-refractivity contribution in [3.8, 4) is 0 Å². The molecule has 29 heavy (non-hydrogen) atoms. The Morgan fingerprint density at radius 1 is 0.621 bits per heavy atom. The molecule has 0 fully saturated rings. The van der Waals surface area contributed by atoms with Crippen LogP contribution in [0.1, 0.15) is 52.7 Å². The van der Waals surface area contributed by atoms with E-state index in [0.29, 0.717) is 0 Å². The average Bonchev–Trinajstić information content (AvgIpc) is 2.77. The van der Waals surface area contributed by atoms with E-state index in [2.05, 4.69) is 125 Å². The molecule has 3 rings (SSSR count). The van der Waals surface area contributed by atoms with Gasteiger partial charge in [0.1, 0.15) is 0 Å². The summed E-state index contributed by atoms with van der Waals surface area (Å²) in [5, 5.41) is 0. The van der Waals surface area contributed by atoms with E-state index in [9.17, 15) is 0 Å². The fourth-order valence-electron chi connectivity index (χ4n) is 3.75. The zero-order valence-corrected chi connectivity index (χ0v) is 20.6. The van der Waals surface area contributed by atoms with Crippen molar-refractivity contribution in [2.45, 2.75) is 41.5 Å². The van der Waals surface area contributed by atoms with Crippen LogP contribution in [0.4, 0.5) is 0 Å². The monoisotopic (exact) mass is 495 g/mol. The van der Waals surface area contributed by atoms with Crippen molar-refractivity contribution in [1.29, 1.82) is 0 Å². The van der Waals surface area contributed by atoms with Crippen molar-refractivity contribution in [2.75, 3.05) is 0 Å². The molecule has 1 aliphatic heterocycles. The van der Waals surface area contributed by atoms with Gasteiger partial charge < -0.3 is 0 Å². The molecule has 0 N–H and O–H groups in total. The van der Waals surface area contributed by atoms with Crippen LogP contribution in [0.25, 0.3) is 9.15 Å². The summed E-state index contributed by atoms with van der Waals surface area (Å²) in [7, 11) is 0. The van der Waals surface area contributed by atoms with Gasteiger partial charge in [-0.25, -0.2) is 0 Å². The number of benzene rings is 2. The first-order chi connectivity index (χ1) is 13.7. The average molecular weight is 495 g/mol. The third-order valence-corrected chi connectivity index (χ3v) is 7.57. The molecule has 0 bridgehead atoms. The van der Waals surface area contributed by atoms with Crippen LogP contribution >= 0.6 is 0 Å². The van der Waals surface area contributed by atoms with E-state index in [1.807, 2.05) is 0 Å². The minimum atomic E-state index is -0.277. The second kappa shape index (κ2) is 8.87. The van der Waals surface area contributed by atoms with Gasteiger partial charge in [0, 0.05) is 0 Å². The van der Waals surface area contributed by atoms with Crippen LogP contribution in [-0.2, 0) is 0 Å². The summed E-state index contributed by atoms with van der Waals surface area (Å²) >= 11 is -0.277. The van der Waals surface area contributed by atoms with Gasteiger partial charge in [-0.3, -0.25) is 0 Å². The second-order valence-corrected chi connectivity index (χ2v) is 11.9. The summed E-state index contributed by atoms with van der Waals surface area (Å²) in [6.45, 7) is 14.1. The number of rotatable bonds is 2. The van der Waals surface area contributed by atoms with Gasteiger partial charge in [-0.15, -0.1) is 0 Å². The molecule has 152 valence electrons. The number of halogens is 1. The van der Waals surface area contributed by atoms with Crippen molar-refractivity contribution >= 4 is 9.15 Å². The first kappa shape index (κ1) is 21.8. The Balaban J connectivity index is 2.51. The number of hydrogen-bond acceptors (Lipinski definition) is 0. The van der Waals surface area contributed by atoms with Crippen LogP contribution in [-0.4, -0.2) is 0 Å². The fraction of sp³-hybridized carbons (Fsp3) is 0.286. The van der Waals surface area contributed by atoms with E-state index < -0.39 is 0 Å². The van der Waals surface area contributed by atoms with Gasteiger partial charge in [-0.05, 0) is 0 Å². The quantitative estimate of drug-likeness (QED) is 0.508. The Morgan fingerprint density at radius 2 is 1.17 bits per heavy atom. The first-order valence-corrected chi connectivity index (χ1v) is 12.6. The van der Waals surface area contributed by atoms with Crippen LogP contribution in [0.5, 0.6) is 0 Å². The maximum absolute atomic E-state index is 2.40. The molecule has 1 heteroatoms. The predicted molar refractivity (Wildman–Crippen MR) is 124 cm³/mol. The fourth-order valence-corrected chi connectivity index (χ4v) is 6.17. The molecule has 1 heterocycles. The van der Waals surface area contributed by atoms with Crippen LogP contribution in [0.15, 0.2) is 94.1 Å². The summed E-state index contributed by atoms with van der Waals surface area (Å²) in [4.78, 5) is 0. The van der Waals surface area contributed by atoms with Gasteiger partial charge in [-0.1, -0.05) is 0 Å². The molecule has 2 aromatic carbocycles. The summed E-state index contributed by atoms with van der Waals surface area (Å²) < 4.78 is 3.90. The molecule has 0 saturated carbocycles. The molecule has 0 amide bonds. The molecule has 0 radical (unpaired) electrons. The maximum atomic E-state index is 2.40. The predicted octanol–water partition coefficient (Wildman–Crippen LogP) is 5.12. The summed E-state index contributed by atoms with van der Waals surface area (Å²) in [6, 6.07) is 22.0. The molecular formula is C28H32I-. The molecule has 1 aliphatic rings. The first-order valence-electron chi connectivity index (χ1n) is 10.3. The zero-order valence-electron chi connectivity index (χ0n) is 18.5. The molecule has 0 unspecified atom stereocenters. The Kier molecular flexibility index (Phi) is 6.68. The topological polar surface area (TPSA) is 0 Å². The number of allylic oxidation sites excluding steroid dienone is 6. The van der Waals surface area contributed by atoms with Gasteiger partial charge in [0.25, 0.3) is 0 Å². The zero-order chi connectivity index (χ0) is 21.1. The Hall–Kier alpha value is -1.87. The standard InChI is InChI=1S/C28H32I/c1-27(2,3)23-19-13-14-20-29-26(22-17-11-8-12-18-22)24(25(23)28(4,5)6)21-15-9-7-10-16-21/h7-20H,1-6H3/q-1. The molecule has 0 saturated heterocycles. The van der Waals surface area contributed by atoms with Crippen LogP contribution in [0, 0.1) is 10.8 Å². The van der Waals surface area contributed by atoms with Gasteiger partial charge in [0.15, 0.2) is 0 Å². The SMILES string of the molecule is CC(C)(C)C1=C(C(C)(C)C)C(c2ccccc2)=C(c2ccccc2)[I-]C=CC=C1. The van der Waals surface area contributed by atoms with E-state index in [1.165, 1.54) is 31.4 Å². The van der Waals surface area contributed by atoms with E-state index in [0.717, 1.165) is 0 Å². The van der Waals surface area contributed by atoms with E-state index in [4.69, 9.17) is 0 Å². The summed E-state index contributed by atoms with van der Waals surface area (Å²) in [5.41, 5.74) is 7.06. The molecule has 0 spiro atoms. The third-order valence-electron chi connectivity index (χ3n) is 5.01. The van der Waals surface area contributed by atoms with Gasteiger partial charge in [0.2, 0.25) is 0 Å². The molecule has 0 nitrogen and oxygen atoms in total. The third kappa shape index (κ3) is 5.19. The van der Waals surface area contributed by atoms with Crippen molar-refractivity contribution in [2.24, 2.45) is 10.8 Å². The van der Waals surface area contributed by atoms with Crippen molar-refractivity contribution in [1.82, 2.24) is 0 Å². The summed E-state index contributed by atoms with van der Waals surface area (Å²) in [5.74, 6) is 0. The van der Waals surface area contributed by atoms with Crippen LogP contribution < -0.4 is 21.2 Å². The Morgan fingerprint density at radius 3 is 1.69 bits per heavy atom. The van der Waals surface area contributed by atoms with Crippen molar-refractivity contribution < 1.29 is 21.2 Å². The van der Waals surface area contributed by atoms with Gasteiger partial charge in [0.05, 0.1) is 0 Å². The van der Waals surface area contributed by atoms with E-state index in [1.54, 1.807) is 0 Å². The molecular weight excluding hydrogens is 463 g/mol. The Bertz CT molecular complexity index is 956. The number of hydrogen-bond donors (Lipinski definition) is 0.